The Kier molecular flexibility index (Phi) is 5.42. The van der Waals surface area contributed by atoms with Crippen molar-refractivity contribution >= 4 is 0 Å². The zero-order valence-corrected chi connectivity index (χ0v) is 14.3. The fourth-order valence-corrected chi connectivity index (χ4v) is 3.11. The lowest BCUT2D eigenvalue weighted by molar-refractivity contribution is 0.0604. The molecule has 0 radical (unpaired) electrons. The van der Waals surface area contributed by atoms with Crippen molar-refractivity contribution in [3.63, 3.8) is 0 Å². The highest BCUT2D eigenvalue weighted by Gasteiger charge is 2.29. The van der Waals surface area contributed by atoms with Crippen LogP contribution in [0.5, 0.6) is 0 Å². The maximum Gasteiger partial charge on any atom is 0.0295 e. The molecule has 1 atom stereocenters. The number of hydrogen-bond acceptors (Lipinski definition) is 3. The van der Waals surface area contributed by atoms with Gasteiger partial charge in [0.15, 0.2) is 0 Å². The van der Waals surface area contributed by atoms with E-state index in [1.165, 1.54) is 37.3 Å². The van der Waals surface area contributed by atoms with Crippen LogP contribution in [-0.4, -0.2) is 55.1 Å². The van der Waals surface area contributed by atoms with Gasteiger partial charge >= 0.3 is 0 Å². The first-order valence-electron chi connectivity index (χ1n) is 8.12. The Morgan fingerprint density at radius 2 is 1.76 bits per heavy atom. The van der Waals surface area contributed by atoms with Gasteiger partial charge in [-0.2, -0.15) is 0 Å². The topological polar surface area (TPSA) is 18.5 Å². The van der Waals surface area contributed by atoms with E-state index in [-0.39, 0.29) is 5.54 Å². The van der Waals surface area contributed by atoms with Gasteiger partial charge in [0, 0.05) is 44.3 Å². The number of nitrogens with one attached hydrogen (secondary N) is 1. The molecule has 118 valence electrons. The van der Waals surface area contributed by atoms with Crippen LogP contribution in [0.1, 0.15) is 37.9 Å². The van der Waals surface area contributed by atoms with Crippen molar-refractivity contribution in [2.75, 3.05) is 39.8 Å². The number of benzene rings is 1. The fourth-order valence-electron chi connectivity index (χ4n) is 3.11. The molecule has 2 rings (SSSR count). The zero-order valence-electron chi connectivity index (χ0n) is 14.3. The third-order valence-corrected chi connectivity index (χ3v) is 4.86. The Morgan fingerprint density at radius 1 is 1.14 bits per heavy atom. The Labute approximate surface area is 130 Å². The average molecular weight is 289 g/mol. The van der Waals surface area contributed by atoms with Crippen molar-refractivity contribution in [1.82, 2.24) is 15.1 Å². The van der Waals surface area contributed by atoms with Gasteiger partial charge in [0.1, 0.15) is 0 Å². The minimum atomic E-state index is 0.207. The molecule has 3 heteroatoms. The number of piperazine rings is 1. The lowest BCUT2D eigenvalue weighted by Crippen LogP contribution is -2.57. The first-order valence-corrected chi connectivity index (χ1v) is 8.12. The Balaban J connectivity index is 1.90. The molecular formula is C18H31N3. The van der Waals surface area contributed by atoms with Crippen molar-refractivity contribution in [2.24, 2.45) is 0 Å². The van der Waals surface area contributed by atoms with Crippen molar-refractivity contribution in [2.45, 2.75) is 39.3 Å². The number of likely N-dealkylation sites (N-methyl/N-ethyl adjacent to an activating group) is 1. The van der Waals surface area contributed by atoms with E-state index in [4.69, 9.17) is 0 Å². The molecule has 1 aliphatic heterocycles. The molecule has 1 N–H and O–H groups in total. The van der Waals surface area contributed by atoms with E-state index in [2.05, 4.69) is 74.1 Å². The standard InChI is InChI=1S/C18H31N3/c1-15-8-6-7-9-17(15)16(2)19-14-18(3,4)21-12-10-20(5)11-13-21/h6-9,16,19H,10-14H2,1-5H3. The maximum atomic E-state index is 3.73. The summed E-state index contributed by atoms with van der Waals surface area (Å²) in [5.74, 6) is 0. The number of rotatable bonds is 5. The highest BCUT2D eigenvalue weighted by molar-refractivity contribution is 5.28. The number of aryl methyl sites for hydroxylation is 1. The van der Waals surface area contributed by atoms with E-state index in [0.29, 0.717) is 6.04 Å². The molecular weight excluding hydrogens is 258 g/mol. The van der Waals surface area contributed by atoms with Crippen LogP contribution >= 0.6 is 0 Å². The van der Waals surface area contributed by atoms with Crippen LogP contribution in [0, 0.1) is 6.92 Å². The molecule has 3 nitrogen and oxygen atoms in total. The number of nitrogens with zero attached hydrogens (tertiary/aromatic N) is 2. The van der Waals surface area contributed by atoms with Gasteiger partial charge in [0.05, 0.1) is 0 Å². The summed E-state index contributed by atoms with van der Waals surface area (Å²) in [6.07, 6.45) is 0. The van der Waals surface area contributed by atoms with Gasteiger partial charge < -0.3 is 10.2 Å². The third kappa shape index (κ3) is 4.29. The highest BCUT2D eigenvalue weighted by atomic mass is 15.3. The summed E-state index contributed by atoms with van der Waals surface area (Å²) in [4.78, 5) is 5.03. The molecule has 0 amide bonds. The normalized spacial score (nSPS) is 19.7. The Hall–Kier alpha value is -0.900. The minimum Gasteiger partial charge on any atom is -0.308 e. The molecule has 1 aliphatic rings. The zero-order chi connectivity index (χ0) is 15.5. The second-order valence-electron chi connectivity index (χ2n) is 7.06. The molecule has 1 heterocycles. The molecule has 1 unspecified atom stereocenters. The summed E-state index contributed by atoms with van der Waals surface area (Å²) in [5.41, 5.74) is 2.99. The molecule has 1 fully saturated rings. The summed E-state index contributed by atoms with van der Waals surface area (Å²) in [6, 6.07) is 9.07. The minimum absolute atomic E-state index is 0.207. The molecule has 0 saturated carbocycles. The average Bonchev–Trinajstić information content (AvgIpc) is 2.46. The molecule has 1 saturated heterocycles. The molecule has 0 aliphatic carbocycles. The van der Waals surface area contributed by atoms with E-state index < -0.39 is 0 Å². The molecule has 0 spiro atoms. The van der Waals surface area contributed by atoms with Gasteiger partial charge in [-0.15, -0.1) is 0 Å². The van der Waals surface area contributed by atoms with E-state index in [9.17, 15) is 0 Å². The van der Waals surface area contributed by atoms with Crippen LogP contribution in [0.4, 0.5) is 0 Å². The lowest BCUT2D eigenvalue weighted by atomic mass is 9.98. The van der Waals surface area contributed by atoms with E-state index in [0.717, 1.165) is 6.54 Å². The van der Waals surface area contributed by atoms with Crippen LogP contribution in [0.25, 0.3) is 0 Å². The molecule has 21 heavy (non-hydrogen) atoms. The van der Waals surface area contributed by atoms with Crippen molar-refractivity contribution in [1.29, 1.82) is 0 Å². The number of hydrogen-bond donors (Lipinski definition) is 1. The largest absolute Gasteiger partial charge is 0.308 e. The van der Waals surface area contributed by atoms with Crippen LogP contribution in [0.15, 0.2) is 24.3 Å². The van der Waals surface area contributed by atoms with Crippen LogP contribution in [0.2, 0.25) is 0 Å². The Morgan fingerprint density at radius 3 is 2.38 bits per heavy atom. The van der Waals surface area contributed by atoms with Crippen LogP contribution < -0.4 is 5.32 Å². The third-order valence-electron chi connectivity index (χ3n) is 4.86. The quantitative estimate of drug-likeness (QED) is 0.899. The highest BCUT2D eigenvalue weighted by Crippen LogP contribution is 2.20. The van der Waals surface area contributed by atoms with Crippen LogP contribution in [0.3, 0.4) is 0 Å². The van der Waals surface area contributed by atoms with E-state index >= 15 is 0 Å². The maximum absolute atomic E-state index is 3.73. The summed E-state index contributed by atoms with van der Waals surface area (Å²) >= 11 is 0. The predicted molar refractivity (Wildman–Crippen MR) is 90.7 cm³/mol. The van der Waals surface area contributed by atoms with Crippen molar-refractivity contribution < 1.29 is 0 Å². The molecule has 1 aromatic carbocycles. The van der Waals surface area contributed by atoms with E-state index in [1.54, 1.807) is 0 Å². The first kappa shape index (κ1) is 16.5. The Bertz CT molecular complexity index is 448. The SMILES string of the molecule is Cc1ccccc1C(C)NCC(C)(C)N1CCN(C)CC1. The summed E-state index contributed by atoms with van der Waals surface area (Å²) in [5, 5.41) is 3.73. The predicted octanol–water partition coefficient (Wildman–Crippen LogP) is 2.67. The van der Waals surface area contributed by atoms with Gasteiger partial charge in [-0.3, -0.25) is 4.90 Å². The van der Waals surface area contributed by atoms with Gasteiger partial charge in [0.25, 0.3) is 0 Å². The van der Waals surface area contributed by atoms with Crippen molar-refractivity contribution in [3.8, 4) is 0 Å². The first-order chi connectivity index (χ1) is 9.90. The molecule has 0 aromatic heterocycles. The lowest BCUT2D eigenvalue weighted by Gasteiger charge is -2.44. The summed E-state index contributed by atoms with van der Waals surface area (Å²) in [6.45, 7) is 14.9. The second-order valence-corrected chi connectivity index (χ2v) is 7.06. The van der Waals surface area contributed by atoms with Gasteiger partial charge in [-0.25, -0.2) is 0 Å². The second kappa shape index (κ2) is 6.91. The van der Waals surface area contributed by atoms with Gasteiger partial charge in [-0.05, 0) is 45.9 Å². The monoisotopic (exact) mass is 289 g/mol. The fraction of sp³-hybridized carbons (Fsp3) is 0.667. The summed E-state index contributed by atoms with van der Waals surface area (Å²) in [7, 11) is 2.21. The van der Waals surface area contributed by atoms with Crippen molar-refractivity contribution in [3.05, 3.63) is 35.4 Å². The molecule has 1 aromatic rings. The smallest absolute Gasteiger partial charge is 0.0295 e. The van der Waals surface area contributed by atoms with Gasteiger partial charge in [0.2, 0.25) is 0 Å². The van der Waals surface area contributed by atoms with Crippen LogP contribution in [-0.2, 0) is 0 Å². The molecule has 0 bridgehead atoms. The summed E-state index contributed by atoms with van der Waals surface area (Å²) < 4.78 is 0. The van der Waals surface area contributed by atoms with Gasteiger partial charge in [-0.1, -0.05) is 24.3 Å². The van der Waals surface area contributed by atoms with E-state index in [1.807, 2.05) is 0 Å².